The number of para-hydroxylation sites is 1. The van der Waals surface area contributed by atoms with Crippen molar-refractivity contribution >= 4 is 17.1 Å². The van der Waals surface area contributed by atoms with E-state index in [1.807, 2.05) is 37.3 Å². The number of piperidine rings is 1. The summed E-state index contributed by atoms with van der Waals surface area (Å²) in [5, 5.41) is 7.57. The van der Waals surface area contributed by atoms with Crippen LogP contribution in [-0.2, 0) is 18.3 Å². The number of nitrogens with one attached hydrogen (secondary N) is 1. The van der Waals surface area contributed by atoms with Gasteiger partial charge >= 0.3 is 0 Å². The minimum atomic E-state index is -0.189. The van der Waals surface area contributed by atoms with E-state index in [0.29, 0.717) is 29.8 Å². The van der Waals surface area contributed by atoms with Crippen LogP contribution in [0.1, 0.15) is 37.1 Å². The topological polar surface area (TPSA) is 85.1 Å². The third-order valence-electron chi connectivity index (χ3n) is 5.91. The Morgan fingerprint density at radius 2 is 1.87 bits per heavy atom. The van der Waals surface area contributed by atoms with Gasteiger partial charge in [-0.15, -0.1) is 0 Å². The molecule has 1 amide bonds. The van der Waals surface area contributed by atoms with Crippen molar-refractivity contribution in [3.63, 3.8) is 0 Å². The van der Waals surface area contributed by atoms with Gasteiger partial charge in [0, 0.05) is 33.0 Å². The average Bonchev–Trinajstić information content (AvgIpc) is 3.13. The molecule has 1 aromatic carbocycles. The van der Waals surface area contributed by atoms with E-state index < -0.39 is 0 Å². The fourth-order valence-corrected chi connectivity index (χ4v) is 4.18. The van der Waals surface area contributed by atoms with Gasteiger partial charge in [0.1, 0.15) is 11.2 Å². The average molecular weight is 423 g/mol. The Morgan fingerprint density at radius 1 is 1.13 bits per heavy atom. The van der Waals surface area contributed by atoms with Crippen molar-refractivity contribution in [1.82, 2.24) is 29.5 Å². The summed E-state index contributed by atoms with van der Waals surface area (Å²) in [5.74, 6) is -0.0438. The highest BCUT2D eigenvalue weighted by molar-refractivity contribution is 5.77. The number of benzene rings is 1. The molecule has 8 heteroatoms. The van der Waals surface area contributed by atoms with E-state index in [1.54, 1.807) is 16.3 Å². The second kappa shape index (κ2) is 9.43. The van der Waals surface area contributed by atoms with Crippen molar-refractivity contribution in [1.29, 1.82) is 0 Å². The van der Waals surface area contributed by atoms with Gasteiger partial charge in [0.2, 0.25) is 5.91 Å². The minimum Gasteiger partial charge on any atom is -0.355 e. The van der Waals surface area contributed by atoms with E-state index in [9.17, 15) is 9.59 Å². The molecule has 1 saturated heterocycles. The van der Waals surface area contributed by atoms with Gasteiger partial charge in [-0.2, -0.15) is 5.10 Å². The van der Waals surface area contributed by atoms with Crippen molar-refractivity contribution in [2.45, 2.75) is 39.0 Å². The van der Waals surface area contributed by atoms with Crippen molar-refractivity contribution in [2.75, 3.05) is 26.2 Å². The first-order valence-corrected chi connectivity index (χ1v) is 11.0. The summed E-state index contributed by atoms with van der Waals surface area (Å²) < 4.78 is 3.33. The summed E-state index contributed by atoms with van der Waals surface area (Å²) in [5.41, 5.74) is 3.18. The molecule has 0 aliphatic carbocycles. The first kappa shape index (κ1) is 21.2. The van der Waals surface area contributed by atoms with Crippen molar-refractivity contribution in [3.05, 3.63) is 52.1 Å². The van der Waals surface area contributed by atoms with Crippen LogP contribution in [0.15, 0.2) is 35.1 Å². The zero-order valence-corrected chi connectivity index (χ0v) is 18.3. The lowest BCUT2D eigenvalue weighted by Crippen LogP contribution is -2.37. The second-order valence-corrected chi connectivity index (χ2v) is 8.18. The first-order chi connectivity index (χ1) is 15.0. The summed E-state index contributed by atoms with van der Waals surface area (Å²) >= 11 is 0. The lowest BCUT2D eigenvalue weighted by atomic mass is 10.1. The number of amides is 1. The van der Waals surface area contributed by atoms with Crippen molar-refractivity contribution in [3.8, 4) is 5.69 Å². The maximum atomic E-state index is 12.9. The predicted octanol–water partition coefficient (Wildman–Crippen LogP) is 1.96. The van der Waals surface area contributed by atoms with E-state index in [0.717, 1.165) is 31.0 Å². The van der Waals surface area contributed by atoms with Crippen LogP contribution in [0.3, 0.4) is 0 Å². The highest BCUT2D eigenvalue weighted by atomic mass is 16.1. The first-order valence-electron chi connectivity index (χ1n) is 11.0. The van der Waals surface area contributed by atoms with Gasteiger partial charge in [0.25, 0.3) is 5.56 Å². The Balaban J connectivity index is 1.45. The number of likely N-dealkylation sites (tertiary alicyclic amines) is 1. The second-order valence-electron chi connectivity index (χ2n) is 8.18. The highest BCUT2D eigenvalue weighted by Gasteiger charge is 2.18. The quantitative estimate of drug-likeness (QED) is 0.629. The largest absolute Gasteiger partial charge is 0.355 e. The Morgan fingerprint density at radius 3 is 2.61 bits per heavy atom. The number of aryl methyl sites for hydroxylation is 3. The molecule has 1 aliphatic rings. The molecule has 0 atom stereocenters. The predicted molar refractivity (Wildman–Crippen MR) is 120 cm³/mol. The summed E-state index contributed by atoms with van der Waals surface area (Å²) in [6.07, 6.45) is 4.35. The zero-order valence-electron chi connectivity index (χ0n) is 18.3. The molecule has 3 heterocycles. The van der Waals surface area contributed by atoms with Crippen LogP contribution in [0.2, 0.25) is 0 Å². The summed E-state index contributed by atoms with van der Waals surface area (Å²) in [6.45, 7) is 5.65. The molecular weight excluding hydrogens is 392 g/mol. The van der Waals surface area contributed by atoms with Gasteiger partial charge in [-0.3, -0.25) is 14.2 Å². The molecule has 31 heavy (non-hydrogen) atoms. The standard InChI is InChI=1S/C23H30N6O2/c1-17-21-22(29(26-17)18-9-5-3-6-10-18)27(2)23(31)19(25-21)11-12-20(30)24-13-16-28-14-7-4-8-15-28/h3,5-6,9-10H,4,7-8,11-16H2,1-2H3,(H,24,30). The molecule has 0 bridgehead atoms. The molecule has 4 rings (SSSR count). The van der Waals surface area contributed by atoms with Crippen LogP contribution in [-0.4, -0.2) is 56.3 Å². The molecule has 1 aliphatic heterocycles. The molecule has 8 nitrogen and oxygen atoms in total. The molecule has 0 spiro atoms. The normalized spacial score (nSPS) is 14.8. The van der Waals surface area contributed by atoms with Gasteiger partial charge < -0.3 is 10.2 Å². The Kier molecular flexibility index (Phi) is 6.46. The SMILES string of the molecule is Cc1nn(-c2ccccc2)c2c1nc(CCC(=O)NCCN1CCCCC1)c(=O)n2C. The maximum Gasteiger partial charge on any atom is 0.273 e. The number of rotatable bonds is 7. The van der Waals surface area contributed by atoms with Gasteiger partial charge in [-0.25, -0.2) is 9.67 Å². The van der Waals surface area contributed by atoms with Crippen LogP contribution in [0.5, 0.6) is 0 Å². The van der Waals surface area contributed by atoms with E-state index in [4.69, 9.17) is 0 Å². The number of fused-ring (bicyclic) bond motifs is 1. The summed E-state index contributed by atoms with van der Waals surface area (Å²) in [6, 6.07) is 9.69. The molecule has 2 aromatic heterocycles. The smallest absolute Gasteiger partial charge is 0.273 e. The Hall–Kier alpha value is -3.00. The fourth-order valence-electron chi connectivity index (χ4n) is 4.18. The number of aromatic nitrogens is 4. The molecular formula is C23H30N6O2. The van der Waals surface area contributed by atoms with E-state index in [-0.39, 0.29) is 17.9 Å². The van der Waals surface area contributed by atoms with Gasteiger partial charge in [0.05, 0.1) is 11.4 Å². The number of nitrogens with zero attached hydrogens (tertiary/aromatic N) is 5. The van der Waals surface area contributed by atoms with E-state index >= 15 is 0 Å². The zero-order chi connectivity index (χ0) is 21.8. The van der Waals surface area contributed by atoms with Crippen LogP contribution in [0.4, 0.5) is 0 Å². The van der Waals surface area contributed by atoms with Crippen LogP contribution in [0, 0.1) is 6.92 Å². The minimum absolute atomic E-state index is 0.0438. The molecule has 0 unspecified atom stereocenters. The summed E-state index contributed by atoms with van der Waals surface area (Å²) in [7, 11) is 1.73. The summed E-state index contributed by atoms with van der Waals surface area (Å²) in [4.78, 5) is 32.2. The molecule has 0 saturated carbocycles. The van der Waals surface area contributed by atoms with Crippen LogP contribution < -0.4 is 10.9 Å². The monoisotopic (exact) mass is 422 g/mol. The van der Waals surface area contributed by atoms with Crippen molar-refractivity contribution < 1.29 is 4.79 Å². The third kappa shape index (κ3) is 4.69. The third-order valence-corrected chi connectivity index (χ3v) is 5.91. The molecule has 3 aromatic rings. The van der Waals surface area contributed by atoms with Gasteiger partial charge in [-0.05, 0) is 45.0 Å². The molecule has 1 fully saturated rings. The van der Waals surface area contributed by atoms with Gasteiger partial charge in [0.15, 0.2) is 5.65 Å². The molecule has 1 N–H and O–H groups in total. The lowest BCUT2D eigenvalue weighted by Gasteiger charge is -2.26. The fraction of sp³-hybridized carbons (Fsp3) is 0.478. The number of carbonyl (C=O) groups excluding carboxylic acids is 1. The highest BCUT2D eigenvalue weighted by Crippen LogP contribution is 2.19. The lowest BCUT2D eigenvalue weighted by molar-refractivity contribution is -0.121. The number of carbonyl (C=O) groups is 1. The van der Waals surface area contributed by atoms with E-state index in [2.05, 4.69) is 20.3 Å². The van der Waals surface area contributed by atoms with Crippen molar-refractivity contribution in [2.24, 2.45) is 7.05 Å². The maximum absolute atomic E-state index is 12.9. The van der Waals surface area contributed by atoms with Gasteiger partial charge in [-0.1, -0.05) is 24.6 Å². The number of hydrogen-bond acceptors (Lipinski definition) is 5. The van der Waals surface area contributed by atoms with E-state index in [1.165, 1.54) is 19.3 Å². The molecule has 0 radical (unpaired) electrons. The van der Waals surface area contributed by atoms with Crippen LogP contribution in [0.25, 0.3) is 16.9 Å². The van der Waals surface area contributed by atoms with Crippen LogP contribution >= 0.6 is 0 Å². The molecule has 164 valence electrons. The Labute approximate surface area is 181 Å². The Bertz CT molecular complexity index is 1110. The number of hydrogen-bond donors (Lipinski definition) is 1.